The van der Waals surface area contributed by atoms with Crippen molar-refractivity contribution in [3.05, 3.63) is 89.5 Å². The van der Waals surface area contributed by atoms with Gasteiger partial charge < -0.3 is 35.8 Å². The summed E-state index contributed by atoms with van der Waals surface area (Å²) in [7, 11) is 1.52. The SMILES string of the molecule is CCOC(=O)C(C)NC(=O)[C@@H](Nc1ccc(/C(N)=N/O)cc1)c1ccc(OCc2ccccc2)c(OC)c1. The van der Waals surface area contributed by atoms with Gasteiger partial charge in [-0.2, -0.15) is 0 Å². The fraction of sp³-hybridized carbons (Fsp3) is 0.250. The van der Waals surface area contributed by atoms with Crippen LogP contribution in [0.4, 0.5) is 5.69 Å². The average molecular weight is 521 g/mol. The van der Waals surface area contributed by atoms with Gasteiger partial charge in [-0.1, -0.05) is 41.6 Å². The number of methoxy groups -OCH3 is 1. The molecule has 3 aromatic carbocycles. The van der Waals surface area contributed by atoms with Gasteiger partial charge in [-0.15, -0.1) is 0 Å². The maximum Gasteiger partial charge on any atom is 0.328 e. The summed E-state index contributed by atoms with van der Waals surface area (Å²) < 4.78 is 16.5. The van der Waals surface area contributed by atoms with Gasteiger partial charge in [0.05, 0.1) is 13.7 Å². The summed E-state index contributed by atoms with van der Waals surface area (Å²) in [5, 5.41) is 17.8. The van der Waals surface area contributed by atoms with E-state index in [-0.39, 0.29) is 12.4 Å². The van der Waals surface area contributed by atoms with E-state index in [4.69, 9.17) is 25.2 Å². The zero-order valence-corrected chi connectivity index (χ0v) is 21.5. The van der Waals surface area contributed by atoms with Crippen molar-refractivity contribution in [2.45, 2.75) is 32.5 Å². The highest BCUT2D eigenvalue weighted by Crippen LogP contribution is 2.32. The number of amidine groups is 1. The maximum atomic E-state index is 13.4. The van der Waals surface area contributed by atoms with E-state index >= 15 is 0 Å². The Morgan fingerprint density at radius 3 is 2.37 bits per heavy atom. The molecule has 2 atom stereocenters. The number of ether oxygens (including phenoxy) is 3. The molecule has 0 aromatic heterocycles. The molecule has 0 aliphatic heterocycles. The molecule has 38 heavy (non-hydrogen) atoms. The first kappa shape index (κ1) is 27.9. The van der Waals surface area contributed by atoms with E-state index in [2.05, 4.69) is 15.8 Å². The quantitative estimate of drug-likeness (QED) is 0.0932. The highest BCUT2D eigenvalue weighted by Gasteiger charge is 2.26. The topological polar surface area (TPSA) is 144 Å². The van der Waals surface area contributed by atoms with Gasteiger partial charge in [0.1, 0.15) is 18.7 Å². The van der Waals surface area contributed by atoms with E-state index in [1.165, 1.54) is 7.11 Å². The number of benzene rings is 3. The van der Waals surface area contributed by atoms with Gasteiger partial charge in [-0.25, -0.2) is 4.79 Å². The molecular formula is C28H32N4O6. The molecule has 1 unspecified atom stereocenters. The Kier molecular flexibility index (Phi) is 9.93. The first-order chi connectivity index (χ1) is 18.4. The number of nitrogens with zero attached hydrogens (tertiary/aromatic N) is 1. The molecule has 0 bridgehead atoms. The van der Waals surface area contributed by atoms with Gasteiger partial charge in [0.2, 0.25) is 5.91 Å². The predicted octanol–water partition coefficient (Wildman–Crippen LogP) is 3.59. The van der Waals surface area contributed by atoms with Crippen LogP contribution in [-0.2, 0) is 20.9 Å². The van der Waals surface area contributed by atoms with Crippen LogP contribution >= 0.6 is 0 Å². The number of amides is 1. The fourth-order valence-corrected chi connectivity index (χ4v) is 3.60. The van der Waals surface area contributed by atoms with Crippen LogP contribution in [0.1, 0.15) is 36.6 Å². The second kappa shape index (κ2) is 13.5. The highest BCUT2D eigenvalue weighted by molar-refractivity contribution is 5.97. The molecule has 0 heterocycles. The average Bonchev–Trinajstić information content (AvgIpc) is 2.95. The lowest BCUT2D eigenvalue weighted by Gasteiger charge is -2.23. The van der Waals surface area contributed by atoms with Gasteiger partial charge in [-0.05, 0) is 61.4 Å². The van der Waals surface area contributed by atoms with Gasteiger partial charge in [-0.3, -0.25) is 4.79 Å². The first-order valence-electron chi connectivity index (χ1n) is 12.0. The molecule has 0 fully saturated rings. The standard InChI is InChI=1S/C28H32N4O6/c1-4-37-28(34)18(2)30-27(33)25(31-22-13-10-20(11-14-22)26(29)32-35)21-12-15-23(24(16-21)36-3)38-17-19-8-6-5-7-9-19/h5-16,18,25,31,35H,4,17H2,1-3H3,(H2,29,32)(H,30,33)/t18?,25-/m0/s1. The van der Waals surface area contributed by atoms with Crippen molar-refractivity contribution in [2.75, 3.05) is 19.0 Å². The number of carbonyl (C=O) groups excluding carboxylic acids is 2. The molecule has 3 rings (SSSR count). The minimum atomic E-state index is -0.904. The summed E-state index contributed by atoms with van der Waals surface area (Å²) in [5.41, 5.74) is 8.32. The number of nitrogens with two attached hydrogens (primary N) is 1. The summed E-state index contributed by atoms with van der Waals surface area (Å²) in [5.74, 6) is -0.0676. The van der Waals surface area contributed by atoms with E-state index in [1.54, 1.807) is 56.3 Å². The van der Waals surface area contributed by atoms with Crippen LogP contribution in [0.25, 0.3) is 0 Å². The summed E-state index contributed by atoms with van der Waals surface area (Å²) in [6, 6.07) is 19.8. The zero-order valence-electron chi connectivity index (χ0n) is 21.5. The van der Waals surface area contributed by atoms with E-state index in [9.17, 15) is 9.59 Å². The Balaban J connectivity index is 1.88. The number of esters is 1. The second-order valence-electron chi connectivity index (χ2n) is 8.31. The lowest BCUT2D eigenvalue weighted by atomic mass is 10.0. The van der Waals surface area contributed by atoms with Gasteiger partial charge in [0.25, 0.3) is 0 Å². The van der Waals surface area contributed by atoms with Crippen molar-refractivity contribution in [3.8, 4) is 11.5 Å². The molecule has 0 saturated heterocycles. The van der Waals surface area contributed by atoms with Crippen molar-refractivity contribution in [3.63, 3.8) is 0 Å². The molecule has 0 aliphatic rings. The third kappa shape index (κ3) is 7.39. The minimum absolute atomic E-state index is 0.0371. The predicted molar refractivity (Wildman–Crippen MR) is 143 cm³/mol. The van der Waals surface area contributed by atoms with Crippen LogP contribution in [0.5, 0.6) is 11.5 Å². The number of oxime groups is 1. The number of nitrogens with one attached hydrogen (secondary N) is 2. The van der Waals surface area contributed by atoms with Crippen LogP contribution in [0.15, 0.2) is 78.0 Å². The van der Waals surface area contributed by atoms with Crippen molar-refractivity contribution < 1.29 is 29.0 Å². The lowest BCUT2D eigenvalue weighted by Crippen LogP contribution is -2.43. The molecule has 3 aromatic rings. The maximum absolute atomic E-state index is 13.4. The van der Waals surface area contributed by atoms with Gasteiger partial charge >= 0.3 is 5.97 Å². The Morgan fingerprint density at radius 1 is 1.03 bits per heavy atom. The molecule has 1 amide bonds. The fourth-order valence-electron chi connectivity index (χ4n) is 3.60. The van der Waals surface area contributed by atoms with Crippen LogP contribution in [-0.4, -0.2) is 42.7 Å². The van der Waals surface area contributed by atoms with Gasteiger partial charge in [0, 0.05) is 11.3 Å². The van der Waals surface area contributed by atoms with Crippen LogP contribution in [0.2, 0.25) is 0 Å². The molecule has 200 valence electrons. The number of carbonyl (C=O) groups is 2. The summed E-state index contributed by atoms with van der Waals surface area (Å²) in [4.78, 5) is 25.5. The third-order valence-electron chi connectivity index (χ3n) is 5.62. The molecule has 10 nitrogen and oxygen atoms in total. The Hall–Kier alpha value is -4.73. The zero-order chi connectivity index (χ0) is 27.5. The van der Waals surface area contributed by atoms with Crippen molar-refractivity contribution in [1.82, 2.24) is 5.32 Å². The Bertz CT molecular complexity index is 1250. The van der Waals surface area contributed by atoms with Gasteiger partial charge in [0.15, 0.2) is 17.3 Å². The molecule has 0 aliphatic carbocycles. The molecule has 10 heteroatoms. The smallest absolute Gasteiger partial charge is 0.328 e. The Labute approximate surface area is 221 Å². The summed E-state index contributed by atoms with van der Waals surface area (Å²) >= 11 is 0. The van der Waals surface area contributed by atoms with E-state index in [0.717, 1.165) is 5.56 Å². The van der Waals surface area contributed by atoms with E-state index < -0.39 is 24.0 Å². The molecular weight excluding hydrogens is 488 g/mol. The normalized spacial score (nSPS) is 12.7. The molecule has 0 saturated carbocycles. The largest absolute Gasteiger partial charge is 0.493 e. The van der Waals surface area contributed by atoms with Crippen LogP contribution < -0.4 is 25.8 Å². The second-order valence-corrected chi connectivity index (χ2v) is 8.31. The lowest BCUT2D eigenvalue weighted by molar-refractivity contribution is -0.146. The molecule has 0 radical (unpaired) electrons. The number of anilines is 1. The number of rotatable bonds is 12. The summed E-state index contributed by atoms with van der Waals surface area (Å²) in [6.45, 7) is 3.81. The van der Waals surface area contributed by atoms with E-state index in [1.807, 2.05) is 30.3 Å². The highest BCUT2D eigenvalue weighted by atomic mass is 16.5. The number of hydrogen-bond acceptors (Lipinski definition) is 8. The molecule has 0 spiro atoms. The Morgan fingerprint density at radius 2 is 1.74 bits per heavy atom. The van der Waals surface area contributed by atoms with Crippen molar-refractivity contribution in [1.29, 1.82) is 0 Å². The number of hydrogen-bond donors (Lipinski definition) is 4. The third-order valence-corrected chi connectivity index (χ3v) is 5.62. The van der Waals surface area contributed by atoms with Crippen LogP contribution in [0.3, 0.4) is 0 Å². The van der Waals surface area contributed by atoms with Crippen LogP contribution in [0, 0.1) is 0 Å². The monoisotopic (exact) mass is 520 g/mol. The van der Waals surface area contributed by atoms with E-state index in [0.29, 0.717) is 34.9 Å². The molecule has 5 N–H and O–H groups in total. The van der Waals surface area contributed by atoms with Crippen molar-refractivity contribution in [2.24, 2.45) is 10.9 Å². The van der Waals surface area contributed by atoms with Crippen molar-refractivity contribution >= 4 is 23.4 Å². The first-order valence-corrected chi connectivity index (χ1v) is 12.0. The minimum Gasteiger partial charge on any atom is -0.493 e. The summed E-state index contributed by atoms with van der Waals surface area (Å²) in [6.07, 6.45) is 0.